The first-order valence-corrected chi connectivity index (χ1v) is 9.05. The Labute approximate surface area is 148 Å². The number of amides is 1. The second kappa shape index (κ2) is 6.71. The van der Waals surface area contributed by atoms with E-state index in [1.54, 1.807) is 0 Å². The van der Waals surface area contributed by atoms with Gasteiger partial charge in [0.25, 0.3) is 0 Å². The highest BCUT2D eigenvalue weighted by molar-refractivity contribution is 5.78. The van der Waals surface area contributed by atoms with Crippen LogP contribution in [0.15, 0.2) is 48.7 Å². The molecule has 1 saturated heterocycles. The Hall–Kier alpha value is -2.62. The standard InChI is InChI=1S/C21H23N3O/c1-2-16-7-5-8-17(13-16)20-19-10-3-4-12-24(19)21(22-20)18-9-6-11-23(14-18)15-25/h3-5,7-8,10,12-13,15,18H,2,6,9,11,14H2,1H3. The highest BCUT2D eigenvalue weighted by Crippen LogP contribution is 2.32. The van der Waals surface area contributed by atoms with Crippen LogP contribution in [0.3, 0.4) is 0 Å². The van der Waals surface area contributed by atoms with Crippen molar-refractivity contribution < 1.29 is 4.79 Å². The minimum Gasteiger partial charge on any atom is -0.345 e. The molecule has 0 spiro atoms. The monoisotopic (exact) mass is 333 g/mol. The van der Waals surface area contributed by atoms with E-state index in [0.29, 0.717) is 0 Å². The molecule has 0 bridgehead atoms. The lowest BCUT2D eigenvalue weighted by atomic mass is 9.97. The number of fused-ring (bicyclic) bond motifs is 1. The summed E-state index contributed by atoms with van der Waals surface area (Å²) in [5, 5.41) is 0. The molecule has 4 heteroatoms. The fourth-order valence-corrected chi connectivity index (χ4v) is 3.81. The van der Waals surface area contributed by atoms with Gasteiger partial charge in [-0.3, -0.25) is 4.79 Å². The molecule has 3 heterocycles. The number of benzene rings is 1. The number of imidazole rings is 1. The summed E-state index contributed by atoms with van der Waals surface area (Å²) in [5.74, 6) is 1.36. The molecule has 3 aromatic rings. The summed E-state index contributed by atoms with van der Waals surface area (Å²) in [4.78, 5) is 18.1. The van der Waals surface area contributed by atoms with Crippen LogP contribution in [0, 0.1) is 0 Å². The molecule has 0 N–H and O–H groups in total. The van der Waals surface area contributed by atoms with Gasteiger partial charge in [-0.2, -0.15) is 0 Å². The van der Waals surface area contributed by atoms with Crippen LogP contribution in [-0.4, -0.2) is 33.8 Å². The predicted octanol–water partition coefficient (Wildman–Crippen LogP) is 3.90. The number of rotatable bonds is 4. The van der Waals surface area contributed by atoms with Gasteiger partial charge in [0.15, 0.2) is 0 Å². The number of aryl methyl sites for hydroxylation is 1. The molecule has 4 nitrogen and oxygen atoms in total. The first-order chi connectivity index (χ1) is 12.3. The van der Waals surface area contributed by atoms with Gasteiger partial charge < -0.3 is 9.30 Å². The minimum absolute atomic E-state index is 0.289. The van der Waals surface area contributed by atoms with Crippen LogP contribution >= 0.6 is 0 Å². The van der Waals surface area contributed by atoms with Crippen molar-refractivity contribution in [2.45, 2.75) is 32.1 Å². The smallest absolute Gasteiger partial charge is 0.209 e. The molecule has 25 heavy (non-hydrogen) atoms. The lowest BCUT2D eigenvalue weighted by Gasteiger charge is -2.29. The van der Waals surface area contributed by atoms with Crippen molar-refractivity contribution in [1.82, 2.24) is 14.3 Å². The van der Waals surface area contributed by atoms with Crippen molar-refractivity contribution >= 4 is 11.9 Å². The second-order valence-electron chi connectivity index (χ2n) is 6.77. The quantitative estimate of drug-likeness (QED) is 0.679. The summed E-state index contributed by atoms with van der Waals surface area (Å²) < 4.78 is 2.20. The summed E-state index contributed by atoms with van der Waals surface area (Å²) in [5.41, 5.74) is 4.65. The molecule has 1 atom stereocenters. The van der Waals surface area contributed by atoms with E-state index in [1.165, 1.54) is 5.56 Å². The van der Waals surface area contributed by atoms with Gasteiger partial charge in [0, 0.05) is 30.8 Å². The number of pyridine rings is 1. The van der Waals surface area contributed by atoms with Crippen LogP contribution in [0.1, 0.15) is 37.1 Å². The van der Waals surface area contributed by atoms with Crippen molar-refractivity contribution in [3.63, 3.8) is 0 Å². The third kappa shape index (κ3) is 2.93. The van der Waals surface area contributed by atoms with Crippen molar-refractivity contribution in [2.75, 3.05) is 13.1 Å². The number of hydrogen-bond acceptors (Lipinski definition) is 2. The van der Waals surface area contributed by atoms with Gasteiger partial charge in [0.05, 0.1) is 11.2 Å². The highest BCUT2D eigenvalue weighted by atomic mass is 16.1. The summed E-state index contributed by atoms with van der Waals surface area (Å²) in [6.45, 7) is 3.78. The number of hydrogen-bond donors (Lipinski definition) is 0. The molecule has 1 fully saturated rings. The molecule has 0 aliphatic carbocycles. The van der Waals surface area contributed by atoms with Crippen molar-refractivity contribution in [1.29, 1.82) is 0 Å². The molecule has 2 aromatic heterocycles. The zero-order valence-electron chi connectivity index (χ0n) is 14.6. The van der Waals surface area contributed by atoms with Gasteiger partial charge in [-0.05, 0) is 43.0 Å². The maximum Gasteiger partial charge on any atom is 0.209 e. The Morgan fingerprint density at radius 3 is 3.00 bits per heavy atom. The number of likely N-dealkylation sites (tertiary alicyclic amines) is 1. The molecule has 128 valence electrons. The Morgan fingerprint density at radius 1 is 1.24 bits per heavy atom. The summed E-state index contributed by atoms with van der Waals surface area (Å²) in [6.07, 6.45) is 6.18. The first-order valence-electron chi connectivity index (χ1n) is 9.05. The predicted molar refractivity (Wildman–Crippen MR) is 99.6 cm³/mol. The van der Waals surface area contributed by atoms with Gasteiger partial charge in [0.2, 0.25) is 6.41 Å². The molecule has 1 aliphatic heterocycles. The SMILES string of the molecule is CCc1cccc(-c2nc(C3CCCN(C=O)C3)n3ccccc23)c1. The maximum atomic E-state index is 11.2. The first kappa shape index (κ1) is 15.9. The molecule has 1 aliphatic rings. The second-order valence-corrected chi connectivity index (χ2v) is 6.77. The van der Waals surface area contributed by atoms with E-state index in [0.717, 1.165) is 61.4 Å². The van der Waals surface area contributed by atoms with E-state index in [-0.39, 0.29) is 5.92 Å². The average molecular weight is 333 g/mol. The van der Waals surface area contributed by atoms with E-state index in [2.05, 4.69) is 53.9 Å². The van der Waals surface area contributed by atoms with Crippen LogP contribution in [0.25, 0.3) is 16.8 Å². The van der Waals surface area contributed by atoms with Gasteiger partial charge in [-0.25, -0.2) is 4.98 Å². The van der Waals surface area contributed by atoms with E-state index in [1.807, 2.05) is 11.0 Å². The largest absolute Gasteiger partial charge is 0.345 e. The number of carbonyl (C=O) groups is 1. The molecule has 1 aromatic carbocycles. The minimum atomic E-state index is 0.289. The number of nitrogens with zero attached hydrogens (tertiary/aromatic N) is 3. The third-order valence-corrected chi connectivity index (χ3v) is 5.15. The van der Waals surface area contributed by atoms with Crippen LogP contribution in [0.5, 0.6) is 0 Å². The molecular weight excluding hydrogens is 310 g/mol. The van der Waals surface area contributed by atoms with Crippen molar-refractivity contribution in [3.05, 3.63) is 60.0 Å². The molecule has 0 saturated carbocycles. The molecular formula is C21H23N3O. The number of aromatic nitrogens is 2. The van der Waals surface area contributed by atoms with E-state index in [4.69, 9.17) is 4.98 Å². The lowest BCUT2D eigenvalue weighted by Crippen LogP contribution is -2.33. The zero-order valence-corrected chi connectivity index (χ0v) is 14.6. The van der Waals surface area contributed by atoms with Gasteiger partial charge in [-0.15, -0.1) is 0 Å². The molecule has 1 amide bonds. The maximum absolute atomic E-state index is 11.2. The zero-order chi connectivity index (χ0) is 17.2. The Morgan fingerprint density at radius 2 is 2.16 bits per heavy atom. The van der Waals surface area contributed by atoms with Crippen LogP contribution in [-0.2, 0) is 11.2 Å². The third-order valence-electron chi connectivity index (χ3n) is 5.15. The number of carbonyl (C=O) groups excluding carboxylic acids is 1. The fourth-order valence-electron chi connectivity index (χ4n) is 3.81. The average Bonchev–Trinajstić information content (AvgIpc) is 3.08. The Balaban J connectivity index is 1.82. The lowest BCUT2D eigenvalue weighted by molar-refractivity contribution is -0.119. The summed E-state index contributed by atoms with van der Waals surface area (Å²) in [6, 6.07) is 14.9. The number of piperidine rings is 1. The van der Waals surface area contributed by atoms with E-state index < -0.39 is 0 Å². The van der Waals surface area contributed by atoms with Crippen molar-refractivity contribution in [3.8, 4) is 11.3 Å². The Bertz CT molecular complexity index is 899. The topological polar surface area (TPSA) is 37.6 Å². The Kier molecular flexibility index (Phi) is 4.26. The molecule has 1 unspecified atom stereocenters. The van der Waals surface area contributed by atoms with E-state index in [9.17, 15) is 4.79 Å². The fraction of sp³-hybridized carbons (Fsp3) is 0.333. The highest BCUT2D eigenvalue weighted by Gasteiger charge is 2.25. The van der Waals surface area contributed by atoms with Crippen molar-refractivity contribution in [2.24, 2.45) is 0 Å². The summed E-state index contributed by atoms with van der Waals surface area (Å²) >= 11 is 0. The molecule has 4 rings (SSSR count). The summed E-state index contributed by atoms with van der Waals surface area (Å²) in [7, 11) is 0. The van der Waals surface area contributed by atoms with Gasteiger partial charge >= 0.3 is 0 Å². The van der Waals surface area contributed by atoms with Gasteiger partial charge in [0.1, 0.15) is 5.82 Å². The van der Waals surface area contributed by atoms with Gasteiger partial charge in [-0.1, -0.05) is 31.2 Å². The van der Waals surface area contributed by atoms with E-state index >= 15 is 0 Å². The molecule has 0 radical (unpaired) electrons. The van der Waals surface area contributed by atoms with Crippen LogP contribution in [0.4, 0.5) is 0 Å². The van der Waals surface area contributed by atoms with Crippen LogP contribution < -0.4 is 0 Å². The van der Waals surface area contributed by atoms with Crippen LogP contribution in [0.2, 0.25) is 0 Å². The normalized spacial score (nSPS) is 17.8.